The van der Waals surface area contributed by atoms with E-state index in [-0.39, 0.29) is 5.91 Å². The normalized spacial score (nSPS) is 10.4. The molecule has 4 rings (SSSR count). The summed E-state index contributed by atoms with van der Waals surface area (Å²) in [5, 5.41) is 9.36. The van der Waals surface area contributed by atoms with Crippen molar-refractivity contribution in [1.82, 2.24) is 9.97 Å². The van der Waals surface area contributed by atoms with Gasteiger partial charge in [0.15, 0.2) is 0 Å². The van der Waals surface area contributed by atoms with Crippen molar-refractivity contribution in [3.05, 3.63) is 96.3 Å². The summed E-state index contributed by atoms with van der Waals surface area (Å²) in [6.07, 6.45) is 0. The van der Waals surface area contributed by atoms with Crippen molar-refractivity contribution in [3.8, 4) is 11.5 Å². The van der Waals surface area contributed by atoms with E-state index in [0.29, 0.717) is 28.6 Å². The van der Waals surface area contributed by atoms with E-state index in [1.165, 1.54) is 0 Å². The highest BCUT2D eigenvalue weighted by molar-refractivity contribution is 6.04. The molecule has 0 saturated heterocycles. The molecule has 7 nitrogen and oxygen atoms in total. The van der Waals surface area contributed by atoms with E-state index in [1.807, 2.05) is 74.5 Å². The van der Waals surface area contributed by atoms with Gasteiger partial charge in [-0.05, 0) is 74.5 Å². The second kappa shape index (κ2) is 10.3. The van der Waals surface area contributed by atoms with Crippen molar-refractivity contribution >= 4 is 28.9 Å². The highest BCUT2D eigenvalue weighted by Gasteiger charge is 2.08. The predicted molar refractivity (Wildman–Crippen MR) is 132 cm³/mol. The maximum atomic E-state index is 12.6. The highest BCUT2D eigenvalue weighted by Crippen LogP contribution is 2.23. The van der Waals surface area contributed by atoms with Crippen molar-refractivity contribution < 1.29 is 9.53 Å². The molecular formula is C26H25N5O2. The van der Waals surface area contributed by atoms with Gasteiger partial charge in [-0.3, -0.25) is 4.79 Å². The van der Waals surface area contributed by atoms with Crippen LogP contribution in [-0.4, -0.2) is 22.4 Å². The zero-order valence-corrected chi connectivity index (χ0v) is 18.5. The van der Waals surface area contributed by atoms with Gasteiger partial charge >= 0.3 is 0 Å². The number of nitrogens with one attached hydrogen (secondary N) is 3. The number of aromatic nitrogens is 2. The fraction of sp³-hybridized carbons (Fsp3) is 0.115. The lowest BCUT2D eigenvalue weighted by molar-refractivity contribution is 0.102. The van der Waals surface area contributed by atoms with Crippen LogP contribution in [0.1, 0.15) is 23.1 Å². The van der Waals surface area contributed by atoms with E-state index in [4.69, 9.17) is 4.74 Å². The number of hydrogen-bond donors (Lipinski definition) is 3. The number of ether oxygens (including phenoxy) is 1. The number of para-hydroxylation sites is 1. The van der Waals surface area contributed by atoms with Crippen LogP contribution in [0.5, 0.6) is 11.5 Å². The molecule has 1 heterocycles. The number of aryl methyl sites for hydroxylation is 1. The minimum Gasteiger partial charge on any atom is -0.457 e. The van der Waals surface area contributed by atoms with Crippen molar-refractivity contribution in [3.63, 3.8) is 0 Å². The molecule has 0 fully saturated rings. The molecule has 3 N–H and O–H groups in total. The molecule has 166 valence electrons. The summed E-state index contributed by atoms with van der Waals surface area (Å²) >= 11 is 0. The topological polar surface area (TPSA) is 88.2 Å². The fourth-order valence-electron chi connectivity index (χ4n) is 3.19. The average molecular weight is 440 g/mol. The summed E-state index contributed by atoms with van der Waals surface area (Å²) in [7, 11) is 0. The number of amides is 1. The Balaban J connectivity index is 1.36. The van der Waals surface area contributed by atoms with Crippen molar-refractivity contribution in [2.24, 2.45) is 0 Å². The minimum atomic E-state index is -0.191. The Morgan fingerprint density at radius 3 is 2.15 bits per heavy atom. The molecule has 0 bridgehead atoms. The van der Waals surface area contributed by atoms with Crippen LogP contribution in [0.2, 0.25) is 0 Å². The number of hydrogen-bond acceptors (Lipinski definition) is 6. The Morgan fingerprint density at radius 2 is 1.45 bits per heavy atom. The van der Waals surface area contributed by atoms with Gasteiger partial charge in [0.1, 0.15) is 29.0 Å². The van der Waals surface area contributed by atoms with Crippen LogP contribution in [0, 0.1) is 6.92 Å². The molecule has 1 amide bonds. The number of carbonyl (C=O) groups is 1. The molecule has 7 heteroatoms. The molecule has 0 saturated carbocycles. The second-order valence-electron chi connectivity index (χ2n) is 7.31. The van der Waals surface area contributed by atoms with Crippen LogP contribution < -0.4 is 20.7 Å². The number of nitrogens with zero attached hydrogens (tertiary/aromatic N) is 2. The summed E-state index contributed by atoms with van der Waals surface area (Å²) in [4.78, 5) is 21.4. The summed E-state index contributed by atoms with van der Waals surface area (Å²) in [6.45, 7) is 4.66. The maximum absolute atomic E-state index is 12.6. The Labute approximate surface area is 192 Å². The lowest BCUT2D eigenvalue weighted by Crippen LogP contribution is -2.11. The van der Waals surface area contributed by atoms with Gasteiger partial charge < -0.3 is 20.7 Å². The number of rotatable bonds is 8. The van der Waals surface area contributed by atoms with Gasteiger partial charge in [-0.25, -0.2) is 9.97 Å². The maximum Gasteiger partial charge on any atom is 0.255 e. The number of benzene rings is 3. The first-order chi connectivity index (χ1) is 16.1. The monoisotopic (exact) mass is 439 g/mol. The van der Waals surface area contributed by atoms with Gasteiger partial charge in [0, 0.05) is 29.5 Å². The fourth-order valence-corrected chi connectivity index (χ4v) is 3.19. The summed E-state index contributed by atoms with van der Waals surface area (Å²) < 4.78 is 5.77. The number of carbonyl (C=O) groups excluding carboxylic acids is 1. The SMILES string of the molecule is CCNc1cc(Nc2ccc(NC(=O)c3ccc(Oc4ccccc4)cc3)cc2)nc(C)n1. The van der Waals surface area contributed by atoms with Crippen LogP contribution in [0.4, 0.5) is 23.0 Å². The van der Waals surface area contributed by atoms with Crippen molar-refractivity contribution in [2.75, 3.05) is 22.5 Å². The molecule has 0 aliphatic heterocycles. The lowest BCUT2D eigenvalue weighted by Gasteiger charge is -2.11. The lowest BCUT2D eigenvalue weighted by atomic mass is 10.2. The van der Waals surface area contributed by atoms with Gasteiger partial charge in [-0.1, -0.05) is 18.2 Å². The Morgan fingerprint density at radius 1 is 0.818 bits per heavy atom. The third-order valence-corrected chi connectivity index (χ3v) is 4.71. The zero-order valence-electron chi connectivity index (χ0n) is 18.5. The van der Waals surface area contributed by atoms with Crippen LogP contribution >= 0.6 is 0 Å². The quantitative estimate of drug-likeness (QED) is 0.312. The molecule has 33 heavy (non-hydrogen) atoms. The molecule has 3 aromatic carbocycles. The Kier molecular flexibility index (Phi) is 6.80. The molecular weight excluding hydrogens is 414 g/mol. The van der Waals surface area contributed by atoms with Crippen LogP contribution in [0.3, 0.4) is 0 Å². The van der Waals surface area contributed by atoms with E-state index in [9.17, 15) is 4.79 Å². The number of anilines is 4. The Bertz CT molecular complexity index is 1210. The first-order valence-corrected chi connectivity index (χ1v) is 10.7. The summed E-state index contributed by atoms with van der Waals surface area (Å²) in [5.74, 6) is 3.39. The standard InChI is InChI=1S/C26H25N5O2/c1-3-27-24-17-25(29-18(2)28-24)30-20-11-13-21(14-12-20)31-26(32)19-9-15-23(16-10-19)33-22-7-5-4-6-8-22/h4-17H,3H2,1-2H3,(H,31,32)(H2,27,28,29,30). The van der Waals surface area contributed by atoms with E-state index >= 15 is 0 Å². The van der Waals surface area contributed by atoms with Gasteiger partial charge in [-0.15, -0.1) is 0 Å². The first-order valence-electron chi connectivity index (χ1n) is 10.7. The molecule has 0 unspecified atom stereocenters. The average Bonchev–Trinajstić information content (AvgIpc) is 2.81. The van der Waals surface area contributed by atoms with E-state index < -0.39 is 0 Å². The van der Waals surface area contributed by atoms with Gasteiger partial charge in [0.2, 0.25) is 0 Å². The van der Waals surface area contributed by atoms with E-state index in [0.717, 1.165) is 23.8 Å². The largest absolute Gasteiger partial charge is 0.457 e. The smallest absolute Gasteiger partial charge is 0.255 e. The molecule has 4 aromatic rings. The van der Waals surface area contributed by atoms with Crippen molar-refractivity contribution in [2.45, 2.75) is 13.8 Å². The summed E-state index contributed by atoms with van der Waals surface area (Å²) in [5.41, 5.74) is 2.10. The van der Waals surface area contributed by atoms with Crippen LogP contribution in [0.15, 0.2) is 84.9 Å². The molecule has 0 radical (unpaired) electrons. The molecule has 0 spiro atoms. The third-order valence-electron chi connectivity index (χ3n) is 4.71. The minimum absolute atomic E-state index is 0.191. The predicted octanol–water partition coefficient (Wildman–Crippen LogP) is 6.01. The van der Waals surface area contributed by atoms with Crippen molar-refractivity contribution in [1.29, 1.82) is 0 Å². The third kappa shape index (κ3) is 6.07. The van der Waals surface area contributed by atoms with Gasteiger partial charge in [0.25, 0.3) is 5.91 Å². The van der Waals surface area contributed by atoms with Gasteiger partial charge in [0.05, 0.1) is 0 Å². The van der Waals surface area contributed by atoms with E-state index in [2.05, 4.69) is 25.9 Å². The molecule has 0 aliphatic carbocycles. The van der Waals surface area contributed by atoms with Crippen LogP contribution in [-0.2, 0) is 0 Å². The molecule has 1 aromatic heterocycles. The molecule has 0 atom stereocenters. The highest BCUT2D eigenvalue weighted by atomic mass is 16.5. The van der Waals surface area contributed by atoms with Gasteiger partial charge in [-0.2, -0.15) is 0 Å². The van der Waals surface area contributed by atoms with E-state index in [1.54, 1.807) is 24.3 Å². The molecule has 0 aliphatic rings. The second-order valence-corrected chi connectivity index (χ2v) is 7.31. The zero-order chi connectivity index (χ0) is 23.0. The summed E-state index contributed by atoms with van der Waals surface area (Å²) in [6, 6.07) is 25.9. The Hall–Kier alpha value is -4.39. The van der Waals surface area contributed by atoms with Crippen LogP contribution in [0.25, 0.3) is 0 Å². The first kappa shape index (κ1) is 21.8.